The van der Waals surface area contributed by atoms with Crippen LogP contribution >= 0.6 is 24.8 Å². The van der Waals surface area contributed by atoms with E-state index >= 15 is 0 Å². The van der Waals surface area contributed by atoms with Crippen molar-refractivity contribution < 1.29 is 26.2 Å². The fraction of sp³-hybridized carbons (Fsp3) is 0.0476. The van der Waals surface area contributed by atoms with Gasteiger partial charge in [0.05, 0.1) is 10.2 Å². The molecule has 0 aliphatic heterocycles. The number of hydrogen-bond acceptors (Lipinski definition) is 0. The minimum absolute atomic E-state index is 0. The summed E-state index contributed by atoms with van der Waals surface area (Å²) in [6.45, 7) is 0. The second kappa shape index (κ2) is 18.0. The molecule has 0 nitrogen and oxygen atoms in total. The monoisotopic (exact) mass is 462 g/mol. The van der Waals surface area contributed by atoms with Crippen LogP contribution in [0.4, 0.5) is 0 Å². The summed E-state index contributed by atoms with van der Waals surface area (Å²) in [5.74, 6) is 0. The van der Waals surface area contributed by atoms with Gasteiger partial charge in [0.2, 0.25) is 0 Å². The van der Waals surface area contributed by atoms with Gasteiger partial charge in [0.25, 0.3) is 0 Å². The van der Waals surface area contributed by atoms with Crippen LogP contribution in [0.1, 0.15) is 6.42 Å². The number of fused-ring (bicyclic) bond motifs is 1. The molecule has 0 heterocycles. The first kappa shape index (κ1) is 29.0. The maximum atomic E-state index is 3.36. The summed E-state index contributed by atoms with van der Waals surface area (Å²) in [6.07, 6.45) is 10.0. The minimum Gasteiger partial charge on any atom is -0.358 e. The van der Waals surface area contributed by atoms with Gasteiger partial charge >= 0.3 is 26.2 Å². The van der Waals surface area contributed by atoms with Gasteiger partial charge in [-0.1, -0.05) is 41.6 Å². The van der Waals surface area contributed by atoms with Crippen molar-refractivity contribution in [2.24, 2.45) is 0 Å². The van der Waals surface area contributed by atoms with Crippen molar-refractivity contribution in [2.75, 3.05) is 0 Å². The predicted octanol–water partition coefficient (Wildman–Crippen LogP) is 5.64. The van der Waals surface area contributed by atoms with Crippen LogP contribution in [-0.4, -0.2) is 10.2 Å². The number of rotatable bonds is 0. The molecule has 4 rings (SSSR count). The first-order valence-electron chi connectivity index (χ1n) is 6.95. The first-order chi connectivity index (χ1) is 10.4. The van der Waals surface area contributed by atoms with Crippen molar-refractivity contribution >= 4 is 51.0 Å². The van der Waals surface area contributed by atoms with E-state index in [4.69, 9.17) is 0 Å². The topological polar surface area (TPSA) is 0 Å². The SMILES string of the molecule is Cl.Cl.[C-]1=CC=CC1.[CH3-].[Si]c1ccccc1.[Zr+3].c1ccc2[cH-]ccc2c1. The Hall–Kier alpha value is -0.790. The largest absolute Gasteiger partial charge is 3.00 e. The van der Waals surface area contributed by atoms with E-state index in [1.807, 2.05) is 42.5 Å². The zero-order valence-electron chi connectivity index (χ0n) is 14.2. The Morgan fingerprint density at radius 1 is 0.880 bits per heavy atom. The molecule has 0 amide bonds. The van der Waals surface area contributed by atoms with Crippen LogP contribution in [0.2, 0.25) is 0 Å². The van der Waals surface area contributed by atoms with Crippen molar-refractivity contribution in [2.45, 2.75) is 6.42 Å². The molecule has 0 spiro atoms. The third-order valence-electron chi connectivity index (χ3n) is 2.91. The van der Waals surface area contributed by atoms with E-state index in [1.54, 1.807) is 0 Å². The Morgan fingerprint density at radius 2 is 1.52 bits per heavy atom. The van der Waals surface area contributed by atoms with E-state index in [0.29, 0.717) is 0 Å². The van der Waals surface area contributed by atoms with E-state index in [2.05, 4.69) is 64.9 Å². The molecule has 3 aromatic carbocycles. The molecule has 128 valence electrons. The molecule has 4 radical (unpaired) electrons. The fourth-order valence-corrected chi connectivity index (χ4v) is 2.04. The van der Waals surface area contributed by atoms with E-state index in [-0.39, 0.29) is 58.4 Å². The van der Waals surface area contributed by atoms with Gasteiger partial charge in [0, 0.05) is 0 Å². The number of allylic oxidation sites excluding steroid dienone is 4. The summed E-state index contributed by atoms with van der Waals surface area (Å²) >= 11 is 0. The summed E-state index contributed by atoms with van der Waals surface area (Å²) in [4.78, 5) is 0. The van der Waals surface area contributed by atoms with Gasteiger partial charge in [0.15, 0.2) is 0 Å². The summed E-state index contributed by atoms with van der Waals surface area (Å²) in [5.41, 5.74) is 0. The Bertz CT molecular complexity index is 666. The standard InChI is InChI=1S/C9H7.C6H5Si.C5H5.CH3.2ClH.Zr/c1-2-5-9-7-3-6-8(9)4-1;7-6-4-2-1-3-5-6;1-2-4-5-3-1;;;;/h1-7H;1-5H;1-3H,4H2;1H3;2*1H;/q-1;;2*-1;;;+3. The predicted molar refractivity (Wildman–Crippen MR) is 114 cm³/mol. The van der Waals surface area contributed by atoms with Crippen LogP contribution in [0, 0.1) is 13.5 Å². The van der Waals surface area contributed by atoms with Crippen molar-refractivity contribution in [3.8, 4) is 0 Å². The number of benzene rings is 2. The average molecular weight is 465 g/mol. The van der Waals surface area contributed by atoms with Gasteiger partial charge in [-0.15, -0.1) is 60.9 Å². The van der Waals surface area contributed by atoms with E-state index in [9.17, 15) is 0 Å². The normalized spacial score (nSPS) is 9.64. The Labute approximate surface area is 187 Å². The molecule has 0 bridgehead atoms. The smallest absolute Gasteiger partial charge is 0.358 e. The van der Waals surface area contributed by atoms with Gasteiger partial charge in [-0.2, -0.15) is 23.6 Å². The van der Waals surface area contributed by atoms with Gasteiger partial charge in [-0.05, 0) is 0 Å². The molecule has 0 N–H and O–H groups in total. The van der Waals surface area contributed by atoms with Crippen LogP contribution in [-0.2, 0) is 26.2 Å². The van der Waals surface area contributed by atoms with Crippen LogP contribution in [0.5, 0.6) is 0 Å². The molecule has 1 aliphatic rings. The number of hydrogen-bond donors (Lipinski definition) is 0. The van der Waals surface area contributed by atoms with Crippen LogP contribution in [0.15, 0.2) is 91.0 Å². The Morgan fingerprint density at radius 3 is 1.96 bits per heavy atom. The quantitative estimate of drug-likeness (QED) is 0.299. The van der Waals surface area contributed by atoms with Crippen molar-refractivity contribution in [3.05, 3.63) is 105 Å². The third kappa shape index (κ3) is 12.2. The van der Waals surface area contributed by atoms with Gasteiger partial charge in [-0.25, -0.2) is 12.2 Å². The second-order valence-corrected chi connectivity index (χ2v) is 5.10. The third-order valence-corrected chi connectivity index (χ3v) is 3.24. The summed E-state index contributed by atoms with van der Waals surface area (Å²) in [7, 11) is 3.36. The van der Waals surface area contributed by atoms with Crippen LogP contribution in [0.3, 0.4) is 0 Å². The Balaban J connectivity index is -0.000000278. The van der Waals surface area contributed by atoms with Crippen LogP contribution < -0.4 is 5.19 Å². The minimum atomic E-state index is 0. The summed E-state index contributed by atoms with van der Waals surface area (Å²) in [6, 6.07) is 24.6. The number of halogens is 2. The molecular formula is C21H22Cl2SiZr. The molecule has 4 heteroatoms. The molecule has 0 atom stereocenters. The zero-order chi connectivity index (χ0) is 14.8. The molecule has 0 saturated carbocycles. The van der Waals surface area contributed by atoms with E-state index < -0.39 is 0 Å². The Kier molecular flexibility index (Phi) is 20.9. The zero-order valence-corrected chi connectivity index (χ0v) is 19.3. The second-order valence-electron chi connectivity index (χ2n) is 4.52. The molecule has 3 aromatic rings. The van der Waals surface area contributed by atoms with Crippen LogP contribution in [0.25, 0.3) is 10.8 Å². The summed E-state index contributed by atoms with van der Waals surface area (Å²) in [5, 5.41) is 3.79. The van der Waals surface area contributed by atoms with E-state index in [0.717, 1.165) is 11.6 Å². The molecule has 25 heavy (non-hydrogen) atoms. The first-order valence-corrected chi connectivity index (χ1v) is 7.45. The maximum Gasteiger partial charge on any atom is 3.00 e. The molecular weight excluding hydrogens is 442 g/mol. The van der Waals surface area contributed by atoms with Crippen molar-refractivity contribution in [3.63, 3.8) is 0 Å². The van der Waals surface area contributed by atoms with Gasteiger partial charge in [-0.3, -0.25) is 6.08 Å². The fourth-order valence-electron chi connectivity index (χ4n) is 1.85. The average Bonchev–Trinajstić information content (AvgIpc) is 3.23. The molecule has 0 saturated heterocycles. The molecule has 0 unspecified atom stereocenters. The van der Waals surface area contributed by atoms with Gasteiger partial charge < -0.3 is 7.43 Å². The molecule has 0 fully saturated rings. The molecule has 0 aromatic heterocycles. The van der Waals surface area contributed by atoms with Crippen molar-refractivity contribution in [1.29, 1.82) is 0 Å². The maximum absolute atomic E-state index is 3.36. The van der Waals surface area contributed by atoms with Crippen molar-refractivity contribution in [1.82, 2.24) is 0 Å². The van der Waals surface area contributed by atoms with Gasteiger partial charge in [0.1, 0.15) is 0 Å². The summed E-state index contributed by atoms with van der Waals surface area (Å²) < 4.78 is 0. The molecule has 1 aliphatic carbocycles. The van der Waals surface area contributed by atoms with E-state index in [1.165, 1.54) is 10.8 Å².